The van der Waals surface area contributed by atoms with Crippen LogP contribution in [0, 0.1) is 22.7 Å². The molecule has 2 N–H and O–H groups in total. The summed E-state index contributed by atoms with van der Waals surface area (Å²) in [7, 11) is 1.56. The van der Waals surface area contributed by atoms with Crippen LogP contribution in [0.5, 0.6) is 0 Å². The van der Waals surface area contributed by atoms with Gasteiger partial charge in [0.1, 0.15) is 5.82 Å². The summed E-state index contributed by atoms with van der Waals surface area (Å²) in [6.07, 6.45) is 4.80. The smallest absolute Gasteiger partial charge is 0.204 e. The number of hydrogen-bond donors (Lipinski definition) is 2. The third-order valence-electron chi connectivity index (χ3n) is 4.87. The van der Waals surface area contributed by atoms with Gasteiger partial charge in [0, 0.05) is 31.0 Å². The van der Waals surface area contributed by atoms with Crippen LogP contribution in [-0.2, 0) is 0 Å². The van der Waals surface area contributed by atoms with Crippen molar-refractivity contribution in [1.82, 2.24) is 20.3 Å². The van der Waals surface area contributed by atoms with Crippen molar-refractivity contribution >= 4 is 16.9 Å². The van der Waals surface area contributed by atoms with Crippen LogP contribution in [0.25, 0.3) is 11.0 Å². The lowest BCUT2D eigenvalue weighted by Gasteiger charge is -2.31. The Morgan fingerprint density at radius 2 is 2.27 bits per heavy atom. The molecule has 1 aromatic carbocycles. The van der Waals surface area contributed by atoms with E-state index in [-0.39, 0.29) is 11.8 Å². The Morgan fingerprint density at radius 1 is 1.50 bits per heavy atom. The van der Waals surface area contributed by atoms with Crippen LogP contribution < -0.4 is 5.32 Å². The second kappa shape index (κ2) is 8.15. The number of nitriles is 1. The Hall–Kier alpha value is -2.66. The first kappa shape index (κ1) is 18.1. The van der Waals surface area contributed by atoms with Crippen molar-refractivity contribution in [3.8, 4) is 6.19 Å². The monoisotopic (exact) mass is 358 g/mol. The minimum Gasteiger partial charge on any atom is -0.356 e. The van der Waals surface area contributed by atoms with Crippen molar-refractivity contribution in [2.45, 2.75) is 25.2 Å². The summed E-state index contributed by atoms with van der Waals surface area (Å²) in [6, 6.07) is 4.59. The average molecular weight is 358 g/mol. The topological polar surface area (TPSA) is 92.2 Å². The van der Waals surface area contributed by atoms with E-state index in [9.17, 15) is 4.39 Å². The molecular formula is C18H23FN6O. The molecular weight excluding hydrogens is 335 g/mol. The second-order valence-corrected chi connectivity index (χ2v) is 6.61. The van der Waals surface area contributed by atoms with Gasteiger partial charge in [-0.3, -0.25) is 10.3 Å². The Balaban J connectivity index is 1.44. The number of rotatable bonds is 5. The molecule has 0 saturated carbocycles. The molecule has 138 valence electrons. The van der Waals surface area contributed by atoms with Crippen molar-refractivity contribution in [2.24, 2.45) is 0 Å². The number of hydrogen-bond acceptors (Lipinski definition) is 5. The number of guanidine groups is 1. The van der Waals surface area contributed by atoms with E-state index >= 15 is 0 Å². The molecule has 0 aliphatic carbocycles. The van der Waals surface area contributed by atoms with E-state index in [0.717, 1.165) is 50.0 Å². The van der Waals surface area contributed by atoms with Gasteiger partial charge in [-0.1, -0.05) is 5.16 Å². The lowest BCUT2D eigenvalue weighted by atomic mass is 9.91. The van der Waals surface area contributed by atoms with Gasteiger partial charge in [-0.2, -0.15) is 5.26 Å². The standard InChI is InChI=1S/C18H23FN6O/c1-24(12-20)18(21)22-7-2-8-25-9-5-13(6-10-25)17-15-4-3-14(19)11-16(15)26-23-17/h3-4,11,13H,2,5-10H2,1H3,(H2,21,22). The zero-order valence-corrected chi connectivity index (χ0v) is 14.8. The van der Waals surface area contributed by atoms with E-state index in [4.69, 9.17) is 15.2 Å². The molecule has 0 spiro atoms. The average Bonchev–Trinajstić information content (AvgIpc) is 3.07. The number of aromatic nitrogens is 1. The molecule has 0 bridgehead atoms. The fraction of sp³-hybridized carbons (Fsp3) is 0.500. The third kappa shape index (κ3) is 4.11. The minimum atomic E-state index is -0.308. The maximum atomic E-state index is 13.3. The van der Waals surface area contributed by atoms with Crippen molar-refractivity contribution < 1.29 is 8.91 Å². The van der Waals surface area contributed by atoms with Crippen LogP contribution in [0.2, 0.25) is 0 Å². The van der Waals surface area contributed by atoms with Gasteiger partial charge in [0.05, 0.1) is 5.69 Å². The van der Waals surface area contributed by atoms with E-state index in [1.807, 2.05) is 6.19 Å². The number of halogens is 1. The quantitative estimate of drug-likeness (QED) is 0.280. The summed E-state index contributed by atoms with van der Waals surface area (Å²) in [4.78, 5) is 3.59. The van der Waals surface area contributed by atoms with E-state index in [1.54, 1.807) is 13.1 Å². The number of fused-ring (bicyclic) bond motifs is 1. The largest absolute Gasteiger partial charge is 0.356 e. The molecule has 1 aliphatic rings. The molecule has 3 rings (SSSR count). The van der Waals surface area contributed by atoms with Gasteiger partial charge in [-0.15, -0.1) is 0 Å². The van der Waals surface area contributed by atoms with Crippen molar-refractivity contribution in [1.29, 1.82) is 10.7 Å². The molecule has 1 aromatic heterocycles. The predicted molar refractivity (Wildman–Crippen MR) is 96.1 cm³/mol. The highest BCUT2D eigenvalue weighted by Crippen LogP contribution is 2.32. The minimum absolute atomic E-state index is 0.126. The molecule has 1 saturated heterocycles. The first-order chi connectivity index (χ1) is 12.6. The maximum Gasteiger partial charge on any atom is 0.204 e. The molecule has 0 atom stereocenters. The summed E-state index contributed by atoms with van der Waals surface area (Å²) in [5.74, 6) is 0.159. The number of likely N-dealkylation sites (tertiary alicyclic amines) is 1. The molecule has 8 heteroatoms. The maximum absolute atomic E-state index is 13.3. The zero-order chi connectivity index (χ0) is 18.5. The Labute approximate surface area is 151 Å². The highest BCUT2D eigenvalue weighted by Gasteiger charge is 2.24. The fourth-order valence-corrected chi connectivity index (χ4v) is 3.33. The van der Waals surface area contributed by atoms with Gasteiger partial charge in [-0.25, -0.2) is 4.39 Å². The lowest BCUT2D eigenvalue weighted by Crippen LogP contribution is -2.38. The van der Waals surface area contributed by atoms with Crippen LogP contribution in [0.1, 0.15) is 30.9 Å². The van der Waals surface area contributed by atoms with Gasteiger partial charge in [0.25, 0.3) is 0 Å². The van der Waals surface area contributed by atoms with Crippen molar-refractivity contribution in [2.75, 3.05) is 33.2 Å². The first-order valence-corrected chi connectivity index (χ1v) is 8.81. The van der Waals surface area contributed by atoms with Gasteiger partial charge in [-0.05, 0) is 51.0 Å². The number of nitrogens with zero attached hydrogens (tertiary/aromatic N) is 4. The first-order valence-electron chi connectivity index (χ1n) is 8.81. The molecule has 1 aliphatic heterocycles. The SMILES string of the molecule is CN(C#N)C(=N)NCCCN1CCC(c2noc3cc(F)ccc23)CC1. The van der Waals surface area contributed by atoms with Crippen LogP contribution in [-0.4, -0.2) is 54.1 Å². The lowest BCUT2D eigenvalue weighted by molar-refractivity contribution is 0.207. The van der Waals surface area contributed by atoms with Crippen molar-refractivity contribution in [3.05, 3.63) is 29.7 Å². The summed E-state index contributed by atoms with van der Waals surface area (Å²) in [5, 5.41) is 24.4. The van der Waals surface area contributed by atoms with E-state index in [2.05, 4.69) is 15.4 Å². The Bertz CT molecular complexity index is 806. The molecule has 0 unspecified atom stereocenters. The fourth-order valence-electron chi connectivity index (χ4n) is 3.33. The molecule has 26 heavy (non-hydrogen) atoms. The number of piperidine rings is 1. The van der Waals surface area contributed by atoms with E-state index < -0.39 is 0 Å². The zero-order valence-electron chi connectivity index (χ0n) is 14.8. The summed E-state index contributed by atoms with van der Waals surface area (Å²) in [6.45, 7) is 3.59. The van der Waals surface area contributed by atoms with Gasteiger partial charge in [0.2, 0.25) is 5.96 Å². The van der Waals surface area contributed by atoms with Gasteiger partial charge < -0.3 is 14.7 Å². The third-order valence-corrected chi connectivity index (χ3v) is 4.87. The van der Waals surface area contributed by atoms with Gasteiger partial charge >= 0.3 is 0 Å². The molecule has 2 aromatic rings. The van der Waals surface area contributed by atoms with E-state index in [1.165, 1.54) is 17.0 Å². The molecule has 0 amide bonds. The van der Waals surface area contributed by atoms with E-state index in [0.29, 0.717) is 18.0 Å². The normalized spacial score (nSPS) is 15.7. The van der Waals surface area contributed by atoms with Crippen LogP contribution in [0.3, 0.4) is 0 Å². The predicted octanol–water partition coefficient (Wildman–Crippen LogP) is 2.47. The Morgan fingerprint density at radius 3 is 3.00 bits per heavy atom. The summed E-state index contributed by atoms with van der Waals surface area (Å²) in [5.41, 5.74) is 1.45. The highest BCUT2D eigenvalue weighted by atomic mass is 19.1. The van der Waals surface area contributed by atoms with Crippen LogP contribution >= 0.6 is 0 Å². The highest BCUT2D eigenvalue weighted by molar-refractivity contribution is 5.80. The molecule has 0 radical (unpaired) electrons. The van der Waals surface area contributed by atoms with Crippen LogP contribution in [0.4, 0.5) is 4.39 Å². The Kier molecular flexibility index (Phi) is 5.68. The van der Waals surface area contributed by atoms with Crippen molar-refractivity contribution in [3.63, 3.8) is 0 Å². The summed E-state index contributed by atoms with van der Waals surface area (Å²) < 4.78 is 18.6. The molecule has 7 nitrogen and oxygen atoms in total. The second-order valence-electron chi connectivity index (χ2n) is 6.61. The van der Waals surface area contributed by atoms with Crippen LogP contribution in [0.15, 0.2) is 22.7 Å². The number of benzene rings is 1. The number of nitrogens with one attached hydrogen (secondary N) is 2. The molecule has 2 heterocycles. The molecule has 1 fully saturated rings. The summed E-state index contributed by atoms with van der Waals surface area (Å²) >= 11 is 0. The van der Waals surface area contributed by atoms with Gasteiger partial charge in [0.15, 0.2) is 11.8 Å².